The molecule has 0 bridgehead atoms. The van der Waals surface area contributed by atoms with Crippen LogP contribution < -0.4 is 24.0 Å². The Kier molecular flexibility index (Phi) is 7.09. The highest BCUT2D eigenvalue weighted by Crippen LogP contribution is 2.04. The Morgan fingerprint density at radius 2 is 1.87 bits per heavy atom. The van der Waals surface area contributed by atoms with Gasteiger partial charge in [-0.1, -0.05) is 6.07 Å². The van der Waals surface area contributed by atoms with Crippen molar-refractivity contribution in [3.05, 3.63) is 30.1 Å². The molecule has 0 aliphatic carbocycles. The third-order valence-corrected chi connectivity index (χ3v) is 3.16. The Morgan fingerprint density at radius 3 is 2.33 bits per heavy atom. The number of rotatable bonds is 5. The highest BCUT2D eigenvalue weighted by atomic mass is 127. The quantitative estimate of drug-likeness (QED) is 0.507. The molecular formula is C12H21IN2. The lowest BCUT2D eigenvalue weighted by atomic mass is 10.2. The lowest BCUT2D eigenvalue weighted by Gasteiger charge is -2.31. The maximum Gasteiger partial charge on any atom is 0.0840 e. The van der Waals surface area contributed by atoms with Gasteiger partial charge < -0.3 is 28.5 Å². The van der Waals surface area contributed by atoms with Gasteiger partial charge in [0.2, 0.25) is 0 Å². The molecule has 0 unspecified atom stereocenters. The summed E-state index contributed by atoms with van der Waals surface area (Å²) in [5.74, 6) is 0. The van der Waals surface area contributed by atoms with E-state index in [4.69, 9.17) is 0 Å². The third-order valence-electron chi connectivity index (χ3n) is 3.16. The fourth-order valence-corrected chi connectivity index (χ4v) is 1.47. The van der Waals surface area contributed by atoms with Crippen molar-refractivity contribution in [2.24, 2.45) is 0 Å². The van der Waals surface area contributed by atoms with Crippen LogP contribution in [-0.2, 0) is 6.42 Å². The van der Waals surface area contributed by atoms with Crippen LogP contribution in [0.1, 0.15) is 19.5 Å². The van der Waals surface area contributed by atoms with Gasteiger partial charge in [-0.15, -0.1) is 0 Å². The maximum absolute atomic E-state index is 4.34. The summed E-state index contributed by atoms with van der Waals surface area (Å²) in [5.41, 5.74) is 1.21. The zero-order valence-corrected chi connectivity index (χ0v) is 12.1. The molecule has 1 aromatic heterocycles. The third kappa shape index (κ3) is 4.93. The molecule has 1 heterocycles. The minimum atomic E-state index is 0. The fraction of sp³-hybridized carbons (Fsp3) is 0.583. The van der Waals surface area contributed by atoms with E-state index in [9.17, 15) is 0 Å². The molecule has 0 saturated carbocycles. The first kappa shape index (κ1) is 14.8. The van der Waals surface area contributed by atoms with E-state index in [1.807, 2.05) is 12.3 Å². The van der Waals surface area contributed by atoms with Crippen LogP contribution in [0.25, 0.3) is 0 Å². The molecule has 0 radical (unpaired) electrons. The number of hydrogen-bond donors (Lipinski definition) is 0. The van der Waals surface area contributed by atoms with Crippen molar-refractivity contribution >= 4 is 0 Å². The second-order valence-corrected chi connectivity index (χ2v) is 4.05. The molecular weight excluding hydrogens is 299 g/mol. The van der Waals surface area contributed by atoms with Crippen molar-refractivity contribution < 1.29 is 28.5 Å². The van der Waals surface area contributed by atoms with Gasteiger partial charge >= 0.3 is 0 Å². The van der Waals surface area contributed by atoms with Crippen LogP contribution in [0.4, 0.5) is 0 Å². The van der Waals surface area contributed by atoms with Crippen molar-refractivity contribution in [2.75, 3.05) is 26.7 Å². The van der Waals surface area contributed by atoms with Gasteiger partial charge in [0.1, 0.15) is 0 Å². The molecule has 86 valence electrons. The van der Waals surface area contributed by atoms with Crippen LogP contribution in [0.3, 0.4) is 0 Å². The lowest BCUT2D eigenvalue weighted by molar-refractivity contribution is -0.905. The van der Waals surface area contributed by atoms with Gasteiger partial charge in [-0.05, 0) is 26.0 Å². The predicted molar refractivity (Wildman–Crippen MR) is 60.1 cm³/mol. The molecule has 15 heavy (non-hydrogen) atoms. The highest BCUT2D eigenvalue weighted by molar-refractivity contribution is 5.03. The van der Waals surface area contributed by atoms with E-state index in [-0.39, 0.29) is 24.0 Å². The summed E-state index contributed by atoms with van der Waals surface area (Å²) in [4.78, 5) is 4.34. The molecule has 1 aromatic rings. The number of hydrogen-bond acceptors (Lipinski definition) is 1. The average Bonchev–Trinajstić information content (AvgIpc) is 2.27. The Labute approximate surface area is 110 Å². The Bertz CT molecular complexity index is 258. The molecule has 0 atom stereocenters. The van der Waals surface area contributed by atoms with Crippen LogP contribution in [0, 0.1) is 0 Å². The highest BCUT2D eigenvalue weighted by Gasteiger charge is 2.15. The zero-order chi connectivity index (χ0) is 10.4. The van der Waals surface area contributed by atoms with Gasteiger partial charge in [-0.3, -0.25) is 4.98 Å². The van der Waals surface area contributed by atoms with E-state index in [2.05, 4.69) is 38.0 Å². The number of pyridine rings is 1. The summed E-state index contributed by atoms with van der Waals surface area (Å²) in [6.45, 7) is 8.08. The first-order chi connectivity index (χ1) is 6.70. The largest absolute Gasteiger partial charge is 1.00 e. The number of quaternary nitrogens is 1. The van der Waals surface area contributed by atoms with Crippen molar-refractivity contribution in [3.63, 3.8) is 0 Å². The molecule has 3 heteroatoms. The summed E-state index contributed by atoms with van der Waals surface area (Å²) in [5, 5.41) is 0. The Hall–Kier alpha value is -0.160. The minimum absolute atomic E-state index is 0. The second-order valence-electron chi connectivity index (χ2n) is 4.05. The monoisotopic (exact) mass is 320 g/mol. The summed E-state index contributed by atoms with van der Waals surface area (Å²) >= 11 is 0. The number of likely N-dealkylation sites (N-methyl/N-ethyl adjacent to an activating group) is 1. The van der Waals surface area contributed by atoms with E-state index in [0.717, 1.165) is 10.9 Å². The molecule has 2 nitrogen and oxygen atoms in total. The summed E-state index contributed by atoms with van der Waals surface area (Å²) in [6, 6.07) is 6.14. The molecule has 0 aliphatic heterocycles. The summed E-state index contributed by atoms with van der Waals surface area (Å²) < 4.78 is 1.14. The van der Waals surface area contributed by atoms with Crippen LogP contribution in [-0.4, -0.2) is 36.1 Å². The van der Waals surface area contributed by atoms with Crippen LogP contribution in [0.5, 0.6) is 0 Å². The van der Waals surface area contributed by atoms with E-state index >= 15 is 0 Å². The number of nitrogens with zero attached hydrogens (tertiary/aromatic N) is 2. The SMILES string of the molecule is CC[N+](C)(CC)CCc1ccccn1.[I-]. The summed E-state index contributed by atoms with van der Waals surface area (Å²) in [6.07, 6.45) is 2.95. The Balaban J connectivity index is 0.00000196. The van der Waals surface area contributed by atoms with Gasteiger partial charge in [-0.2, -0.15) is 0 Å². The van der Waals surface area contributed by atoms with Crippen LogP contribution in [0.2, 0.25) is 0 Å². The van der Waals surface area contributed by atoms with Crippen molar-refractivity contribution in [2.45, 2.75) is 20.3 Å². The van der Waals surface area contributed by atoms with E-state index in [1.54, 1.807) is 0 Å². The maximum atomic E-state index is 4.34. The topological polar surface area (TPSA) is 12.9 Å². The molecule has 0 N–H and O–H groups in total. The van der Waals surface area contributed by atoms with Crippen molar-refractivity contribution in [3.8, 4) is 0 Å². The summed E-state index contributed by atoms with van der Waals surface area (Å²) in [7, 11) is 2.31. The molecule has 1 rings (SSSR count). The van der Waals surface area contributed by atoms with E-state index < -0.39 is 0 Å². The molecule has 0 saturated heterocycles. The van der Waals surface area contributed by atoms with Gasteiger partial charge in [-0.25, -0.2) is 0 Å². The van der Waals surface area contributed by atoms with Crippen LogP contribution >= 0.6 is 0 Å². The fourth-order valence-electron chi connectivity index (χ4n) is 1.47. The molecule has 0 fully saturated rings. The minimum Gasteiger partial charge on any atom is -1.00 e. The molecule has 0 spiro atoms. The van der Waals surface area contributed by atoms with E-state index in [1.165, 1.54) is 25.3 Å². The van der Waals surface area contributed by atoms with Crippen molar-refractivity contribution in [1.82, 2.24) is 4.98 Å². The van der Waals surface area contributed by atoms with Gasteiger partial charge in [0.15, 0.2) is 0 Å². The second kappa shape index (κ2) is 7.17. The average molecular weight is 320 g/mol. The number of aromatic nitrogens is 1. The van der Waals surface area contributed by atoms with E-state index in [0.29, 0.717) is 0 Å². The lowest BCUT2D eigenvalue weighted by Crippen LogP contribution is -3.00. The predicted octanol–water partition coefficient (Wildman–Crippen LogP) is -0.885. The molecule has 0 aromatic carbocycles. The first-order valence-electron chi connectivity index (χ1n) is 5.43. The molecule has 0 aliphatic rings. The van der Waals surface area contributed by atoms with Crippen LogP contribution in [0.15, 0.2) is 24.4 Å². The zero-order valence-electron chi connectivity index (χ0n) is 9.91. The standard InChI is InChI=1S/C12H21N2.HI/c1-4-14(3,5-2)11-9-12-8-6-7-10-13-12;/h6-8,10H,4-5,9,11H2,1-3H3;1H/q+1;/p-1. The Morgan fingerprint density at radius 1 is 1.20 bits per heavy atom. The van der Waals surface area contributed by atoms with Crippen molar-refractivity contribution in [1.29, 1.82) is 0 Å². The first-order valence-corrected chi connectivity index (χ1v) is 5.43. The molecule has 0 amide bonds. The van der Waals surface area contributed by atoms with Gasteiger partial charge in [0, 0.05) is 18.3 Å². The smallest absolute Gasteiger partial charge is 0.0840 e. The number of halogens is 1. The normalized spacial score (nSPS) is 10.9. The van der Waals surface area contributed by atoms with Gasteiger partial charge in [0.05, 0.1) is 26.7 Å². The van der Waals surface area contributed by atoms with Gasteiger partial charge in [0.25, 0.3) is 0 Å².